The Bertz CT molecular complexity index is 457. The molecule has 0 bridgehead atoms. The molecule has 0 amide bonds. The quantitative estimate of drug-likeness (QED) is 0.722. The molecule has 0 unspecified atom stereocenters. The summed E-state index contributed by atoms with van der Waals surface area (Å²) in [5.74, 6) is 0.991. The fourth-order valence-corrected chi connectivity index (χ4v) is 3.46. The highest BCUT2D eigenvalue weighted by molar-refractivity contribution is 5.27. The second-order valence-electron chi connectivity index (χ2n) is 6.76. The second-order valence-corrected chi connectivity index (χ2v) is 6.76. The van der Waals surface area contributed by atoms with E-state index >= 15 is 0 Å². The first kappa shape index (κ1) is 16.7. The zero-order valence-corrected chi connectivity index (χ0v) is 14.4. The van der Waals surface area contributed by atoms with Gasteiger partial charge in [0.2, 0.25) is 0 Å². The van der Waals surface area contributed by atoms with Gasteiger partial charge in [-0.25, -0.2) is 0 Å². The molecule has 0 aromatic heterocycles. The lowest BCUT2D eigenvalue weighted by atomic mass is 10.2. The van der Waals surface area contributed by atoms with Crippen molar-refractivity contribution < 1.29 is 9.47 Å². The summed E-state index contributed by atoms with van der Waals surface area (Å²) in [6.45, 7) is 10.4. The monoisotopic (exact) mass is 318 g/mol. The van der Waals surface area contributed by atoms with Gasteiger partial charge in [0.1, 0.15) is 5.75 Å². The third kappa shape index (κ3) is 5.20. The minimum atomic E-state index is 0.728. The van der Waals surface area contributed by atoms with E-state index in [2.05, 4.69) is 41.0 Å². The van der Waals surface area contributed by atoms with Crippen LogP contribution in [0.5, 0.6) is 5.75 Å². The fraction of sp³-hybridized carbons (Fsp3) is 0.684. The molecule has 0 spiro atoms. The average Bonchev–Trinajstić information content (AvgIpc) is 2.99. The minimum Gasteiger partial charge on any atom is -0.494 e. The van der Waals surface area contributed by atoms with Crippen molar-refractivity contribution in [1.82, 2.24) is 9.80 Å². The first-order chi connectivity index (χ1) is 11.3. The molecule has 1 aromatic carbocycles. The molecule has 4 nitrogen and oxygen atoms in total. The Morgan fingerprint density at radius 2 is 1.91 bits per heavy atom. The molecule has 2 aliphatic rings. The molecule has 0 saturated carbocycles. The number of ether oxygens (including phenoxy) is 2. The van der Waals surface area contributed by atoms with Crippen molar-refractivity contribution in [3.05, 3.63) is 29.8 Å². The SMILES string of the molecule is C[C@@H]1CCCN1Cc1ccc(OCCCN2CCOCC2)cc1. The number of hydrogen-bond acceptors (Lipinski definition) is 4. The van der Waals surface area contributed by atoms with Gasteiger partial charge in [0.25, 0.3) is 0 Å². The first-order valence-corrected chi connectivity index (χ1v) is 9.07. The number of nitrogens with zero attached hydrogens (tertiary/aromatic N) is 2. The Morgan fingerprint density at radius 1 is 1.13 bits per heavy atom. The van der Waals surface area contributed by atoms with Gasteiger partial charge in [-0.3, -0.25) is 9.80 Å². The number of rotatable bonds is 7. The Morgan fingerprint density at radius 3 is 2.61 bits per heavy atom. The Labute approximate surface area is 140 Å². The topological polar surface area (TPSA) is 24.9 Å². The summed E-state index contributed by atoms with van der Waals surface area (Å²) >= 11 is 0. The number of benzene rings is 1. The van der Waals surface area contributed by atoms with Crippen molar-refractivity contribution in [3.8, 4) is 5.75 Å². The van der Waals surface area contributed by atoms with Crippen LogP contribution in [0.4, 0.5) is 0 Å². The van der Waals surface area contributed by atoms with Gasteiger partial charge in [-0.15, -0.1) is 0 Å². The lowest BCUT2D eigenvalue weighted by Crippen LogP contribution is -2.37. The van der Waals surface area contributed by atoms with Crippen molar-refractivity contribution in [2.45, 2.75) is 38.8 Å². The summed E-state index contributed by atoms with van der Waals surface area (Å²) < 4.78 is 11.2. The summed E-state index contributed by atoms with van der Waals surface area (Å²) in [4.78, 5) is 5.02. The van der Waals surface area contributed by atoms with Crippen LogP contribution >= 0.6 is 0 Å². The van der Waals surface area contributed by atoms with E-state index in [-0.39, 0.29) is 0 Å². The van der Waals surface area contributed by atoms with E-state index in [0.29, 0.717) is 0 Å². The summed E-state index contributed by atoms with van der Waals surface area (Å²) in [5, 5.41) is 0. The van der Waals surface area contributed by atoms with Gasteiger partial charge >= 0.3 is 0 Å². The van der Waals surface area contributed by atoms with Crippen LogP contribution < -0.4 is 4.74 Å². The zero-order valence-electron chi connectivity index (χ0n) is 14.4. The lowest BCUT2D eigenvalue weighted by Gasteiger charge is -2.26. The van der Waals surface area contributed by atoms with Crippen LogP contribution in [0.3, 0.4) is 0 Å². The normalized spacial score (nSPS) is 23.3. The van der Waals surface area contributed by atoms with Crippen molar-refractivity contribution in [1.29, 1.82) is 0 Å². The molecular formula is C19H30N2O2. The third-order valence-corrected chi connectivity index (χ3v) is 4.99. The molecule has 3 rings (SSSR count). The van der Waals surface area contributed by atoms with Crippen molar-refractivity contribution >= 4 is 0 Å². The number of likely N-dealkylation sites (tertiary alicyclic amines) is 1. The standard InChI is InChI=1S/C19H30N2O2/c1-17-4-2-10-21(17)16-18-5-7-19(8-6-18)23-13-3-9-20-11-14-22-15-12-20/h5-8,17H,2-4,9-16H2,1H3/t17-/m1/s1. The molecule has 2 aliphatic heterocycles. The largest absolute Gasteiger partial charge is 0.494 e. The van der Waals surface area contributed by atoms with Crippen LogP contribution in [0.15, 0.2) is 24.3 Å². The fourth-order valence-electron chi connectivity index (χ4n) is 3.46. The Kier molecular flexibility index (Phi) is 6.31. The molecule has 1 atom stereocenters. The van der Waals surface area contributed by atoms with Crippen molar-refractivity contribution in [3.63, 3.8) is 0 Å². The maximum Gasteiger partial charge on any atom is 0.119 e. The predicted octanol–water partition coefficient (Wildman–Crippen LogP) is 2.77. The van der Waals surface area contributed by atoms with E-state index in [1.807, 2.05) is 0 Å². The predicted molar refractivity (Wildman–Crippen MR) is 92.9 cm³/mol. The van der Waals surface area contributed by atoms with Gasteiger partial charge in [-0.2, -0.15) is 0 Å². The van der Waals surface area contributed by atoms with E-state index in [0.717, 1.165) is 64.2 Å². The molecule has 0 aliphatic carbocycles. The zero-order chi connectivity index (χ0) is 15.9. The molecule has 2 heterocycles. The van der Waals surface area contributed by atoms with Crippen LogP contribution in [-0.2, 0) is 11.3 Å². The van der Waals surface area contributed by atoms with Gasteiger partial charge in [-0.05, 0) is 50.4 Å². The van der Waals surface area contributed by atoms with Gasteiger partial charge in [0, 0.05) is 32.2 Å². The maximum absolute atomic E-state index is 5.87. The highest BCUT2D eigenvalue weighted by Gasteiger charge is 2.19. The number of morpholine rings is 1. The molecule has 0 radical (unpaired) electrons. The van der Waals surface area contributed by atoms with Crippen molar-refractivity contribution in [2.24, 2.45) is 0 Å². The maximum atomic E-state index is 5.87. The highest BCUT2D eigenvalue weighted by atomic mass is 16.5. The Hall–Kier alpha value is -1.10. The minimum absolute atomic E-state index is 0.728. The Balaban J connectivity index is 1.35. The molecule has 4 heteroatoms. The average molecular weight is 318 g/mol. The van der Waals surface area contributed by atoms with E-state index in [1.165, 1.54) is 24.9 Å². The number of hydrogen-bond donors (Lipinski definition) is 0. The van der Waals surface area contributed by atoms with Crippen LogP contribution in [0.25, 0.3) is 0 Å². The van der Waals surface area contributed by atoms with Gasteiger partial charge in [0.15, 0.2) is 0 Å². The summed E-state index contributed by atoms with van der Waals surface area (Å²) in [6, 6.07) is 9.38. The van der Waals surface area contributed by atoms with E-state index in [9.17, 15) is 0 Å². The lowest BCUT2D eigenvalue weighted by molar-refractivity contribution is 0.0358. The molecule has 0 N–H and O–H groups in total. The molecule has 2 fully saturated rings. The molecule has 128 valence electrons. The first-order valence-electron chi connectivity index (χ1n) is 9.07. The molecule has 23 heavy (non-hydrogen) atoms. The van der Waals surface area contributed by atoms with Gasteiger partial charge < -0.3 is 9.47 Å². The van der Waals surface area contributed by atoms with E-state index in [4.69, 9.17) is 9.47 Å². The smallest absolute Gasteiger partial charge is 0.119 e. The van der Waals surface area contributed by atoms with Crippen LogP contribution in [0, 0.1) is 0 Å². The van der Waals surface area contributed by atoms with E-state index in [1.54, 1.807) is 0 Å². The highest BCUT2D eigenvalue weighted by Crippen LogP contribution is 2.20. The van der Waals surface area contributed by atoms with Crippen LogP contribution in [0.2, 0.25) is 0 Å². The third-order valence-electron chi connectivity index (χ3n) is 4.99. The second kappa shape index (κ2) is 8.67. The molecular weight excluding hydrogens is 288 g/mol. The van der Waals surface area contributed by atoms with Crippen LogP contribution in [-0.4, -0.2) is 61.8 Å². The van der Waals surface area contributed by atoms with Crippen LogP contribution in [0.1, 0.15) is 31.7 Å². The van der Waals surface area contributed by atoms with Gasteiger partial charge in [0.05, 0.1) is 19.8 Å². The van der Waals surface area contributed by atoms with E-state index < -0.39 is 0 Å². The van der Waals surface area contributed by atoms with Gasteiger partial charge in [-0.1, -0.05) is 12.1 Å². The molecule has 2 saturated heterocycles. The summed E-state index contributed by atoms with van der Waals surface area (Å²) in [7, 11) is 0. The molecule has 1 aromatic rings. The van der Waals surface area contributed by atoms with Crippen molar-refractivity contribution in [2.75, 3.05) is 46.0 Å². The summed E-state index contributed by atoms with van der Waals surface area (Å²) in [5.41, 5.74) is 1.39. The summed E-state index contributed by atoms with van der Waals surface area (Å²) in [6.07, 6.45) is 3.75.